The maximum absolute atomic E-state index is 5.75. The van der Waals surface area contributed by atoms with E-state index < -0.39 is 0 Å². The number of rotatable bonds is 7. The largest absolute Gasteiger partial charge is 0.494 e. The van der Waals surface area contributed by atoms with E-state index in [0.29, 0.717) is 0 Å². The fourth-order valence-electron chi connectivity index (χ4n) is 2.29. The van der Waals surface area contributed by atoms with E-state index in [-0.39, 0.29) is 0 Å². The quantitative estimate of drug-likeness (QED) is 0.731. The van der Waals surface area contributed by atoms with E-state index in [4.69, 9.17) is 4.74 Å². The van der Waals surface area contributed by atoms with Gasteiger partial charge >= 0.3 is 0 Å². The SMILES string of the molecule is Cc1cccc(OCCCCNc2cccc(C)c2C)c1. The third kappa shape index (κ3) is 4.82. The first-order valence-corrected chi connectivity index (χ1v) is 7.66. The molecule has 2 nitrogen and oxygen atoms in total. The predicted molar refractivity (Wildman–Crippen MR) is 90.3 cm³/mol. The molecule has 0 unspecified atom stereocenters. The first-order valence-electron chi connectivity index (χ1n) is 7.66. The molecule has 112 valence electrons. The summed E-state index contributed by atoms with van der Waals surface area (Å²) in [4.78, 5) is 0. The Morgan fingerprint density at radius 3 is 2.57 bits per heavy atom. The van der Waals surface area contributed by atoms with Crippen molar-refractivity contribution in [3.8, 4) is 5.75 Å². The van der Waals surface area contributed by atoms with Crippen LogP contribution >= 0.6 is 0 Å². The number of hydrogen-bond acceptors (Lipinski definition) is 2. The molecule has 0 aliphatic heterocycles. The summed E-state index contributed by atoms with van der Waals surface area (Å²) in [5.41, 5.74) is 5.16. The first-order chi connectivity index (χ1) is 10.2. The molecule has 0 heterocycles. The van der Waals surface area contributed by atoms with Crippen molar-refractivity contribution >= 4 is 5.69 Å². The summed E-state index contributed by atoms with van der Waals surface area (Å²) in [6.45, 7) is 8.16. The molecule has 2 aromatic rings. The number of unbranched alkanes of at least 4 members (excludes halogenated alkanes) is 1. The van der Waals surface area contributed by atoms with Gasteiger partial charge in [-0.3, -0.25) is 0 Å². The summed E-state index contributed by atoms with van der Waals surface area (Å²) in [7, 11) is 0. The topological polar surface area (TPSA) is 21.3 Å². The lowest BCUT2D eigenvalue weighted by molar-refractivity contribution is 0.308. The summed E-state index contributed by atoms with van der Waals surface area (Å²) < 4.78 is 5.75. The fraction of sp³-hybridized carbons (Fsp3) is 0.368. The summed E-state index contributed by atoms with van der Waals surface area (Å²) in [6.07, 6.45) is 2.17. The minimum atomic E-state index is 0.776. The Morgan fingerprint density at radius 2 is 1.76 bits per heavy atom. The molecule has 0 bridgehead atoms. The van der Waals surface area contributed by atoms with Gasteiger partial charge in [-0.15, -0.1) is 0 Å². The molecule has 2 rings (SSSR count). The zero-order valence-electron chi connectivity index (χ0n) is 13.3. The number of anilines is 1. The average Bonchev–Trinajstić information content (AvgIpc) is 2.47. The van der Waals surface area contributed by atoms with E-state index in [1.165, 1.54) is 22.4 Å². The number of hydrogen-bond donors (Lipinski definition) is 1. The summed E-state index contributed by atoms with van der Waals surface area (Å²) >= 11 is 0. The van der Waals surface area contributed by atoms with Gasteiger partial charge in [0.2, 0.25) is 0 Å². The third-order valence-corrected chi connectivity index (χ3v) is 3.75. The van der Waals surface area contributed by atoms with Gasteiger partial charge in [-0.2, -0.15) is 0 Å². The van der Waals surface area contributed by atoms with Crippen LogP contribution in [0.5, 0.6) is 5.75 Å². The van der Waals surface area contributed by atoms with Crippen molar-refractivity contribution in [2.24, 2.45) is 0 Å². The maximum Gasteiger partial charge on any atom is 0.119 e. The molecule has 0 aromatic heterocycles. The van der Waals surface area contributed by atoms with Gasteiger partial charge in [0.05, 0.1) is 6.61 Å². The molecule has 0 spiro atoms. The number of benzene rings is 2. The molecule has 0 fully saturated rings. The number of aryl methyl sites for hydroxylation is 2. The highest BCUT2D eigenvalue weighted by atomic mass is 16.5. The molecule has 0 saturated heterocycles. The van der Waals surface area contributed by atoms with Gasteiger partial charge in [0.1, 0.15) is 5.75 Å². The van der Waals surface area contributed by atoms with Gasteiger partial charge in [-0.1, -0.05) is 24.3 Å². The van der Waals surface area contributed by atoms with E-state index in [0.717, 1.165) is 31.7 Å². The Kier molecular flexibility index (Phi) is 5.68. The highest BCUT2D eigenvalue weighted by molar-refractivity contribution is 5.53. The minimum absolute atomic E-state index is 0.776. The summed E-state index contributed by atoms with van der Waals surface area (Å²) in [5, 5.41) is 3.51. The molecule has 0 aliphatic carbocycles. The van der Waals surface area contributed by atoms with Gasteiger partial charge in [0, 0.05) is 12.2 Å². The van der Waals surface area contributed by atoms with E-state index in [1.54, 1.807) is 0 Å². The van der Waals surface area contributed by atoms with Gasteiger partial charge in [-0.05, 0) is 68.5 Å². The van der Waals surface area contributed by atoms with Crippen LogP contribution in [-0.4, -0.2) is 13.2 Å². The first kappa shape index (κ1) is 15.4. The Labute approximate surface area is 128 Å². The van der Waals surface area contributed by atoms with Crippen LogP contribution < -0.4 is 10.1 Å². The van der Waals surface area contributed by atoms with Crippen LogP contribution in [0, 0.1) is 20.8 Å². The zero-order chi connectivity index (χ0) is 15.1. The second-order valence-corrected chi connectivity index (χ2v) is 5.55. The monoisotopic (exact) mass is 283 g/mol. The van der Waals surface area contributed by atoms with Crippen LogP contribution in [0.4, 0.5) is 5.69 Å². The lowest BCUT2D eigenvalue weighted by Gasteiger charge is -2.11. The second-order valence-electron chi connectivity index (χ2n) is 5.55. The number of nitrogens with one attached hydrogen (secondary N) is 1. The van der Waals surface area contributed by atoms with Crippen LogP contribution in [0.15, 0.2) is 42.5 Å². The van der Waals surface area contributed by atoms with E-state index in [9.17, 15) is 0 Å². The van der Waals surface area contributed by atoms with E-state index in [1.807, 2.05) is 12.1 Å². The lowest BCUT2D eigenvalue weighted by atomic mass is 10.1. The van der Waals surface area contributed by atoms with Crippen LogP contribution in [-0.2, 0) is 0 Å². The number of ether oxygens (including phenoxy) is 1. The summed E-state index contributed by atoms with van der Waals surface area (Å²) in [6, 6.07) is 14.6. The molecule has 21 heavy (non-hydrogen) atoms. The smallest absolute Gasteiger partial charge is 0.119 e. The lowest BCUT2D eigenvalue weighted by Crippen LogP contribution is -2.06. The molecule has 0 aliphatic rings. The van der Waals surface area contributed by atoms with Crippen molar-refractivity contribution in [3.63, 3.8) is 0 Å². The molecule has 1 N–H and O–H groups in total. The van der Waals surface area contributed by atoms with Crippen molar-refractivity contribution in [1.82, 2.24) is 0 Å². The van der Waals surface area contributed by atoms with Crippen LogP contribution in [0.2, 0.25) is 0 Å². The van der Waals surface area contributed by atoms with Crippen LogP contribution in [0.3, 0.4) is 0 Å². The van der Waals surface area contributed by atoms with Crippen molar-refractivity contribution < 1.29 is 4.74 Å². The molecule has 0 saturated carbocycles. The Morgan fingerprint density at radius 1 is 0.952 bits per heavy atom. The molecule has 0 amide bonds. The van der Waals surface area contributed by atoms with Gasteiger partial charge in [0.15, 0.2) is 0 Å². The van der Waals surface area contributed by atoms with Crippen molar-refractivity contribution in [2.45, 2.75) is 33.6 Å². The standard InChI is InChI=1S/C19H25NO/c1-15-8-6-10-18(14-15)21-13-5-4-12-20-19-11-7-9-16(2)17(19)3/h6-11,14,20H,4-5,12-13H2,1-3H3. The Bertz CT molecular complexity index is 578. The van der Waals surface area contributed by atoms with Crippen LogP contribution in [0.1, 0.15) is 29.5 Å². The second kappa shape index (κ2) is 7.72. The molecule has 0 atom stereocenters. The van der Waals surface area contributed by atoms with Gasteiger partial charge in [-0.25, -0.2) is 0 Å². The molecular weight excluding hydrogens is 258 g/mol. The minimum Gasteiger partial charge on any atom is -0.494 e. The molecular formula is C19H25NO. The highest BCUT2D eigenvalue weighted by Crippen LogP contribution is 2.18. The van der Waals surface area contributed by atoms with Crippen LogP contribution in [0.25, 0.3) is 0 Å². The normalized spacial score (nSPS) is 10.4. The Balaban J connectivity index is 1.65. The van der Waals surface area contributed by atoms with E-state index >= 15 is 0 Å². The predicted octanol–water partition coefficient (Wildman–Crippen LogP) is 4.88. The van der Waals surface area contributed by atoms with Crippen molar-refractivity contribution in [3.05, 3.63) is 59.2 Å². The van der Waals surface area contributed by atoms with Crippen molar-refractivity contribution in [1.29, 1.82) is 0 Å². The fourth-order valence-corrected chi connectivity index (χ4v) is 2.29. The highest BCUT2D eigenvalue weighted by Gasteiger charge is 1.99. The summed E-state index contributed by atoms with van der Waals surface area (Å²) in [5.74, 6) is 0.970. The molecule has 0 radical (unpaired) electrons. The van der Waals surface area contributed by atoms with Gasteiger partial charge in [0.25, 0.3) is 0 Å². The zero-order valence-corrected chi connectivity index (χ0v) is 13.3. The Hall–Kier alpha value is -1.96. The van der Waals surface area contributed by atoms with Gasteiger partial charge < -0.3 is 10.1 Å². The third-order valence-electron chi connectivity index (χ3n) is 3.75. The molecule has 2 heteroatoms. The maximum atomic E-state index is 5.75. The average molecular weight is 283 g/mol. The van der Waals surface area contributed by atoms with E-state index in [2.05, 4.69) is 56.4 Å². The van der Waals surface area contributed by atoms with Crippen molar-refractivity contribution in [2.75, 3.05) is 18.5 Å². The molecule has 2 aromatic carbocycles.